The van der Waals surface area contributed by atoms with Gasteiger partial charge in [0.2, 0.25) is 0 Å². The predicted molar refractivity (Wildman–Crippen MR) is 102 cm³/mol. The number of methoxy groups -OCH3 is 1. The molecule has 21 heavy (non-hydrogen) atoms. The molecule has 3 N–H and O–H groups in total. The maximum absolute atomic E-state index is 5.92. The zero-order valence-corrected chi connectivity index (χ0v) is 15.5. The third-order valence-corrected chi connectivity index (χ3v) is 4.80. The number of thioether (sulfide) groups is 1. The molecule has 1 atom stereocenters. The van der Waals surface area contributed by atoms with Gasteiger partial charge in [0.1, 0.15) is 5.75 Å². The second kappa shape index (κ2) is 10.2. The van der Waals surface area contributed by atoms with Crippen molar-refractivity contribution in [2.24, 2.45) is 10.7 Å². The summed E-state index contributed by atoms with van der Waals surface area (Å²) in [5.41, 5.74) is 6.97. The first-order valence-corrected chi connectivity index (χ1v) is 8.11. The number of nitrogens with two attached hydrogens (primary N) is 1. The minimum atomic E-state index is 0. The zero-order valence-electron chi connectivity index (χ0n) is 12.4. The van der Waals surface area contributed by atoms with Gasteiger partial charge in [-0.25, -0.2) is 4.99 Å². The van der Waals surface area contributed by atoms with Crippen molar-refractivity contribution in [1.82, 2.24) is 5.32 Å². The van der Waals surface area contributed by atoms with Gasteiger partial charge in [0.05, 0.1) is 13.7 Å². The largest absolute Gasteiger partial charge is 0.496 e. The summed E-state index contributed by atoms with van der Waals surface area (Å²) in [6.07, 6.45) is 3.95. The van der Waals surface area contributed by atoms with Crippen molar-refractivity contribution in [3.8, 4) is 5.75 Å². The van der Waals surface area contributed by atoms with E-state index in [1.165, 1.54) is 25.0 Å². The first-order valence-electron chi connectivity index (χ1n) is 7.07. The van der Waals surface area contributed by atoms with Crippen molar-refractivity contribution >= 4 is 41.7 Å². The van der Waals surface area contributed by atoms with Crippen LogP contribution in [0.4, 0.5) is 0 Å². The van der Waals surface area contributed by atoms with E-state index < -0.39 is 0 Å². The Labute approximate surface area is 148 Å². The first kappa shape index (κ1) is 18.4. The molecule has 2 rings (SSSR count). The van der Waals surface area contributed by atoms with Crippen LogP contribution in [0.15, 0.2) is 29.3 Å². The van der Waals surface area contributed by atoms with E-state index in [1.54, 1.807) is 7.11 Å². The normalized spacial score (nSPS) is 18.7. The number of hydrogen-bond acceptors (Lipinski definition) is 3. The Hall–Kier alpha value is -0.630. The molecule has 0 spiro atoms. The highest BCUT2D eigenvalue weighted by molar-refractivity contribution is 14.0. The van der Waals surface area contributed by atoms with Crippen LogP contribution in [0.2, 0.25) is 0 Å². The number of ether oxygens (including phenoxy) is 1. The number of halogens is 1. The number of nitrogens with zero attached hydrogens (tertiary/aromatic N) is 1. The zero-order chi connectivity index (χ0) is 14.2. The van der Waals surface area contributed by atoms with Gasteiger partial charge in [0.15, 0.2) is 5.96 Å². The predicted octanol–water partition coefficient (Wildman–Crippen LogP) is 3.00. The lowest BCUT2D eigenvalue weighted by Crippen LogP contribution is -2.37. The van der Waals surface area contributed by atoms with Gasteiger partial charge in [-0.1, -0.05) is 24.6 Å². The summed E-state index contributed by atoms with van der Waals surface area (Å²) in [7, 11) is 1.67. The van der Waals surface area contributed by atoms with Crippen molar-refractivity contribution in [2.75, 3.05) is 19.4 Å². The molecule has 1 fully saturated rings. The van der Waals surface area contributed by atoms with E-state index in [0.717, 1.165) is 17.9 Å². The topological polar surface area (TPSA) is 59.6 Å². The SMILES string of the molecule is COc1ccccc1CN=C(N)NCC1CCCCS1.I. The first-order chi connectivity index (χ1) is 9.79. The summed E-state index contributed by atoms with van der Waals surface area (Å²) in [4.78, 5) is 4.38. The summed E-state index contributed by atoms with van der Waals surface area (Å²) < 4.78 is 5.30. The molecule has 1 saturated heterocycles. The Balaban J connectivity index is 0.00000220. The van der Waals surface area contributed by atoms with Crippen LogP contribution in [-0.2, 0) is 6.54 Å². The maximum Gasteiger partial charge on any atom is 0.188 e. The lowest BCUT2D eigenvalue weighted by atomic mass is 10.2. The highest BCUT2D eigenvalue weighted by Gasteiger charge is 2.13. The minimum Gasteiger partial charge on any atom is -0.496 e. The number of rotatable bonds is 5. The van der Waals surface area contributed by atoms with Gasteiger partial charge >= 0.3 is 0 Å². The number of aliphatic imine (C=N–C) groups is 1. The molecular formula is C15H24IN3OS. The number of guanidine groups is 1. The molecule has 0 radical (unpaired) electrons. The molecule has 0 saturated carbocycles. The van der Waals surface area contributed by atoms with E-state index in [2.05, 4.69) is 10.3 Å². The van der Waals surface area contributed by atoms with Crippen LogP contribution in [0.1, 0.15) is 24.8 Å². The van der Waals surface area contributed by atoms with Crippen LogP contribution in [0.3, 0.4) is 0 Å². The molecule has 1 aromatic rings. The lowest BCUT2D eigenvalue weighted by molar-refractivity contribution is 0.410. The van der Waals surface area contributed by atoms with Crippen molar-refractivity contribution in [3.63, 3.8) is 0 Å². The van der Waals surface area contributed by atoms with Gasteiger partial charge in [0.25, 0.3) is 0 Å². The van der Waals surface area contributed by atoms with Crippen molar-refractivity contribution in [3.05, 3.63) is 29.8 Å². The van der Waals surface area contributed by atoms with Gasteiger partial charge in [-0.05, 0) is 24.7 Å². The average molecular weight is 421 g/mol. The van der Waals surface area contributed by atoms with E-state index in [1.807, 2.05) is 36.0 Å². The van der Waals surface area contributed by atoms with Gasteiger partial charge in [0, 0.05) is 17.4 Å². The molecule has 1 aliphatic rings. The van der Waals surface area contributed by atoms with E-state index in [4.69, 9.17) is 10.5 Å². The molecular weight excluding hydrogens is 397 g/mol. The Morgan fingerprint density at radius 3 is 2.95 bits per heavy atom. The maximum atomic E-state index is 5.92. The molecule has 1 heterocycles. The second-order valence-electron chi connectivity index (χ2n) is 4.88. The molecule has 0 bridgehead atoms. The van der Waals surface area contributed by atoms with Crippen LogP contribution in [-0.4, -0.2) is 30.6 Å². The Kier molecular flexibility index (Phi) is 8.91. The molecule has 0 aromatic heterocycles. The number of hydrogen-bond donors (Lipinski definition) is 2. The second-order valence-corrected chi connectivity index (χ2v) is 6.29. The van der Waals surface area contributed by atoms with E-state index in [0.29, 0.717) is 17.8 Å². The number of para-hydroxylation sites is 1. The van der Waals surface area contributed by atoms with Crippen LogP contribution >= 0.6 is 35.7 Å². The van der Waals surface area contributed by atoms with Gasteiger partial charge in [-0.2, -0.15) is 11.8 Å². The monoisotopic (exact) mass is 421 g/mol. The molecule has 0 aliphatic carbocycles. The summed E-state index contributed by atoms with van der Waals surface area (Å²) in [6, 6.07) is 7.88. The van der Waals surface area contributed by atoms with Crippen molar-refractivity contribution in [2.45, 2.75) is 31.1 Å². The Morgan fingerprint density at radius 1 is 1.43 bits per heavy atom. The summed E-state index contributed by atoms with van der Waals surface area (Å²) in [5, 5.41) is 3.90. The third-order valence-electron chi connectivity index (χ3n) is 3.40. The van der Waals surface area contributed by atoms with Crippen LogP contribution in [0.5, 0.6) is 5.75 Å². The fourth-order valence-corrected chi connectivity index (χ4v) is 3.49. The highest BCUT2D eigenvalue weighted by Crippen LogP contribution is 2.24. The van der Waals surface area contributed by atoms with E-state index >= 15 is 0 Å². The van der Waals surface area contributed by atoms with Gasteiger partial charge in [-0.15, -0.1) is 24.0 Å². The summed E-state index contributed by atoms with van der Waals surface area (Å²) in [5.74, 6) is 2.64. The standard InChI is InChI=1S/C15H23N3OS.HI/c1-19-14-8-3-2-6-12(14)10-17-15(16)18-11-13-7-4-5-9-20-13;/h2-3,6,8,13H,4-5,7,9-11H2,1H3,(H3,16,17,18);1H. The molecule has 1 aromatic carbocycles. The fraction of sp³-hybridized carbons (Fsp3) is 0.533. The molecule has 1 aliphatic heterocycles. The molecule has 4 nitrogen and oxygen atoms in total. The van der Waals surface area contributed by atoms with Gasteiger partial charge in [-0.3, -0.25) is 0 Å². The van der Waals surface area contributed by atoms with Crippen LogP contribution < -0.4 is 15.8 Å². The minimum absolute atomic E-state index is 0. The van der Waals surface area contributed by atoms with Crippen molar-refractivity contribution < 1.29 is 4.74 Å². The smallest absolute Gasteiger partial charge is 0.188 e. The van der Waals surface area contributed by atoms with E-state index in [9.17, 15) is 0 Å². The van der Waals surface area contributed by atoms with Gasteiger partial charge < -0.3 is 15.8 Å². The fourth-order valence-electron chi connectivity index (χ4n) is 2.25. The molecule has 6 heteroatoms. The lowest BCUT2D eigenvalue weighted by Gasteiger charge is -2.21. The highest BCUT2D eigenvalue weighted by atomic mass is 127. The van der Waals surface area contributed by atoms with Crippen LogP contribution in [0.25, 0.3) is 0 Å². The van der Waals surface area contributed by atoms with Crippen LogP contribution in [0, 0.1) is 0 Å². The Bertz CT molecular complexity index is 450. The van der Waals surface area contributed by atoms with Crippen molar-refractivity contribution in [1.29, 1.82) is 0 Å². The molecule has 118 valence electrons. The summed E-state index contributed by atoms with van der Waals surface area (Å²) >= 11 is 2.03. The molecule has 1 unspecified atom stereocenters. The number of nitrogens with one attached hydrogen (secondary N) is 1. The molecule has 0 amide bonds. The number of benzene rings is 1. The summed E-state index contributed by atoms with van der Waals surface area (Å²) in [6.45, 7) is 1.45. The quantitative estimate of drug-likeness (QED) is 0.436. The third kappa shape index (κ3) is 6.34. The average Bonchev–Trinajstić information content (AvgIpc) is 2.52. The Morgan fingerprint density at radius 2 is 2.24 bits per heavy atom. The van der Waals surface area contributed by atoms with E-state index in [-0.39, 0.29) is 24.0 Å².